The number of aromatic nitrogens is 3. The van der Waals surface area contributed by atoms with Crippen molar-refractivity contribution >= 4 is 17.3 Å². The predicted octanol–water partition coefficient (Wildman–Crippen LogP) is 3.08. The largest absolute Gasteiger partial charge is 0.507 e. The van der Waals surface area contributed by atoms with Gasteiger partial charge in [0, 0.05) is 24.4 Å². The van der Waals surface area contributed by atoms with Crippen LogP contribution in [0.2, 0.25) is 0 Å². The highest BCUT2D eigenvalue weighted by molar-refractivity contribution is 6.31. The summed E-state index contributed by atoms with van der Waals surface area (Å²) in [6.45, 7) is 5.80. The van der Waals surface area contributed by atoms with Gasteiger partial charge in [-0.25, -0.2) is 4.98 Å². The highest BCUT2D eigenvalue weighted by atomic mass is 16.5. The van der Waals surface area contributed by atoms with E-state index in [9.17, 15) is 24.6 Å². The molecule has 11 heteroatoms. The van der Waals surface area contributed by atoms with Gasteiger partial charge in [0.15, 0.2) is 23.2 Å². The molecule has 0 bridgehead atoms. The molecular weight excluding hydrogens is 516 g/mol. The maximum atomic E-state index is 14.2. The van der Waals surface area contributed by atoms with Crippen LogP contribution in [0.5, 0.6) is 23.0 Å². The number of nitrogens with zero attached hydrogens (tertiary/aromatic N) is 3. The molecule has 206 valence electrons. The average Bonchev–Trinajstić information content (AvgIpc) is 3.47. The van der Waals surface area contributed by atoms with Crippen LogP contribution < -0.4 is 14.8 Å². The normalized spacial score (nSPS) is 19.8. The highest BCUT2D eigenvalue weighted by Gasteiger charge is 2.56. The van der Waals surface area contributed by atoms with Crippen molar-refractivity contribution in [3.8, 4) is 23.0 Å². The van der Waals surface area contributed by atoms with Crippen LogP contribution in [0.1, 0.15) is 59.7 Å². The minimum Gasteiger partial charge on any atom is -0.507 e. The van der Waals surface area contributed by atoms with E-state index < -0.39 is 34.6 Å². The van der Waals surface area contributed by atoms with Gasteiger partial charge in [0.25, 0.3) is 0 Å². The molecule has 0 spiro atoms. The van der Waals surface area contributed by atoms with E-state index in [1.807, 2.05) is 12.1 Å². The van der Waals surface area contributed by atoms with E-state index in [0.29, 0.717) is 11.6 Å². The number of methoxy groups -OCH3 is 1. The lowest BCUT2D eigenvalue weighted by Gasteiger charge is -2.29. The summed E-state index contributed by atoms with van der Waals surface area (Å²) < 4.78 is 12.6. The average molecular weight is 545 g/mol. The minimum absolute atomic E-state index is 0.0279. The zero-order valence-electron chi connectivity index (χ0n) is 22.8. The Balaban J connectivity index is 1.64. The number of rotatable bonds is 6. The molecule has 0 fully saturated rings. The molecule has 3 N–H and O–H groups in total. The van der Waals surface area contributed by atoms with E-state index >= 15 is 0 Å². The second-order valence-electron chi connectivity index (χ2n) is 10.0. The molecule has 2 heterocycles. The molecular formula is C29H28N4O7. The smallest absolute Gasteiger partial charge is 0.194 e. The molecule has 0 amide bonds. The Morgan fingerprint density at radius 2 is 1.82 bits per heavy atom. The third kappa shape index (κ3) is 3.84. The molecule has 0 saturated heterocycles. The van der Waals surface area contributed by atoms with Crippen molar-refractivity contribution < 1.29 is 34.1 Å². The number of carbonyl (C=O) groups is 3. The maximum absolute atomic E-state index is 14.2. The number of ether oxygens (including phenoxy) is 2. The quantitative estimate of drug-likeness (QED) is 0.240. The van der Waals surface area contributed by atoms with E-state index in [-0.39, 0.29) is 45.2 Å². The number of hydrogen-bond acceptors (Lipinski definition) is 10. The van der Waals surface area contributed by atoms with Gasteiger partial charge in [-0.3, -0.25) is 19.1 Å². The number of nitrogens with one attached hydrogen (secondary N) is 1. The summed E-state index contributed by atoms with van der Waals surface area (Å²) in [6, 6.07) is 6.59. The summed E-state index contributed by atoms with van der Waals surface area (Å²) in [7, 11) is 3.29. The Hall–Kier alpha value is -4.93. The predicted molar refractivity (Wildman–Crippen MR) is 142 cm³/mol. The molecule has 0 radical (unpaired) electrons. The van der Waals surface area contributed by atoms with E-state index in [2.05, 4.69) is 15.4 Å². The number of carbonyl (C=O) groups excluding carboxylic acids is 3. The fourth-order valence-electron chi connectivity index (χ4n) is 5.23. The molecule has 2 aromatic carbocycles. The molecule has 11 nitrogen and oxygen atoms in total. The Kier molecular flexibility index (Phi) is 6.24. The second kappa shape index (κ2) is 9.37. The fourth-order valence-corrected chi connectivity index (χ4v) is 5.23. The SMILES string of the molecule is COc1ccc(C(N/C(C)=C2\C(=O)C=C3Oc4c(C(C)=O)c(O)c(C)c(O)c4[C@@]3(C)C2=O)c2ncn(C)n2)cc1. The van der Waals surface area contributed by atoms with Crippen molar-refractivity contribution in [3.63, 3.8) is 0 Å². The topological polar surface area (TPSA) is 153 Å². The first-order valence-corrected chi connectivity index (χ1v) is 12.5. The number of phenols is 2. The van der Waals surface area contributed by atoms with Gasteiger partial charge >= 0.3 is 0 Å². The van der Waals surface area contributed by atoms with Crippen molar-refractivity contribution in [1.29, 1.82) is 0 Å². The number of hydrogen-bond donors (Lipinski definition) is 3. The van der Waals surface area contributed by atoms with Gasteiger partial charge in [-0.1, -0.05) is 12.1 Å². The van der Waals surface area contributed by atoms with Crippen molar-refractivity contribution in [1.82, 2.24) is 20.1 Å². The Labute approximate surface area is 229 Å². The monoisotopic (exact) mass is 544 g/mol. The zero-order valence-corrected chi connectivity index (χ0v) is 22.8. The summed E-state index contributed by atoms with van der Waals surface area (Å²) in [5.41, 5.74) is -0.854. The summed E-state index contributed by atoms with van der Waals surface area (Å²) in [4.78, 5) is 44.3. The highest BCUT2D eigenvalue weighted by Crippen LogP contribution is 2.57. The van der Waals surface area contributed by atoms with Crippen molar-refractivity contribution in [3.05, 3.63) is 81.8 Å². The molecule has 5 rings (SSSR count). The van der Waals surface area contributed by atoms with E-state index in [1.165, 1.54) is 26.8 Å². The van der Waals surface area contributed by atoms with Gasteiger partial charge in [0.1, 0.15) is 52.1 Å². The van der Waals surface area contributed by atoms with E-state index in [1.54, 1.807) is 44.2 Å². The molecule has 1 aromatic heterocycles. The number of phenolic OH excluding ortho intramolecular Hbond substituents is 2. The lowest BCUT2D eigenvalue weighted by molar-refractivity contribution is -0.123. The third-order valence-electron chi connectivity index (χ3n) is 7.45. The van der Waals surface area contributed by atoms with Gasteiger partial charge < -0.3 is 25.0 Å². The van der Waals surface area contributed by atoms with Gasteiger partial charge in [-0.2, -0.15) is 5.10 Å². The number of fused-ring (bicyclic) bond motifs is 3. The van der Waals surface area contributed by atoms with Gasteiger partial charge in [-0.05, 0) is 45.4 Å². The molecule has 40 heavy (non-hydrogen) atoms. The fraction of sp³-hybridized carbons (Fsp3) is 0.276. The number of aromatic hydroxyl groups is 2. The van der Waals surface area contributed by atoms with Crippen LogP contribution in [0.4, 0.5) is 0 Å². The molecule has 2 atom stereocenters. The standard InChI is InChI=1S/C29H28N4O7/c1-13-24(36)21(15(3)34)26-22(25(13)37)29(4)19(40-26)11-18(35)20(27(29)38)14(2)31-23(28-30-12-33(5)32-28)16-7-9-17(39-6)10-8-16/h7-12,23,31,36-37H,1-6H3/b20-14+/t23?,29-/m0/s1. The lowest BCUT2D eigenvalue weighted by Crippen LogP contribution is -2.41. The van der Waals surface area contributed by atoms with Crippen molar-refractivity contribution in [2.75, 3.05) is 7.11 Å². The second-order valence-corrected chi connectivity index (χ2v) is 10.0. The molecule has 0 saturated carbocycles. The first-order valence-electron chi connectivity index (χ1n) is 12.5. The van der Waals surface area contributed by atoms with Crippen molar-refractivity contribution in [2.45, 2.75) is 39.2 Å². The van der Waals surface area contributed by atoms with Crippen LogP contribution in [0, 0.1) is 6.92 Å². The van der Waals surface area contributed by atoms with Crippen molar-refractivity contribution in [2.24, 2.45) is 7.05 Å². The first-order chi connectivity index (χ1) is 18.9. The van der Waals surface area contributed by atoms with Crippen LogP contribution in [0.25, 0.3) is 0 Å². The first kappa shape index (κ1) is 26.7. The molecule has 1 unspecified atom stereocenters. The zero-order chi connectivity index (χ0) is 29.1. The summed E-state index contributed by atoms with van der Waals surface area (Å²) in [5.74, 6) is -1.68. The Bertz CT molecular complexity index is 1670. The molecule has 1 aliphatic heterocycles. The van der Waals surface area contributed by atoms with Crippen LogP contribution in [-0.2, 0) is 22.1 Å². The number of allylic oxidation sites excluding steroid dienone is 4. The summed E-state index contributed by atoms with van der Waals surface area (Å²) in [5, 5.41) is 29.3. The number of Topliss-reactive ketones (excluding diaryl/α,β-unsaturated/α-hetero) is 2. The van der Waals surface area contributed by atoms with Crippen LogP contribution in [0.3, 0.4) is 0 Å². The van der Waals surface area contributed by atoms with E-state index in [4.69, 9.17) is 9.47 Å². The molecule has 2 aliphatic rings. The van der Waals surface area contributed by atoms with Gasteiger partial charge in [0.05, 0.1) is 18.2 Å². The van der Waals surface area contributed by atoms with Crippen LogP contribution >= 0.6 is 0 Å². The van der Waals surface area contributed by atoms with Crippen LogP contribution in [0.15, 0.2) is 53.7 Å². The lowest BCUT2D eigenvalue weighted by atomic mass is 9.70. The Morgan fingerprint density at radius 1 is 1.15 bits per heavy atom. The summed E-state index contributed by atoms with van der Waals surface area (Å²) >= 11 is 0. The summed E-state index contributed by atoms with van der Waals surface area (Å²) in [6.07, 6.45) is 2.72. The minimum atomic E-state index is -1.62. The number of benzene rings is 2. The van der Waals surface area contributed by atoms with Gasteiger partial charge in [-0.15, -0.1) is 0 Å². The molecule has 1 aliphatic carbocycles. The Morgan fingerprint density at radius 3 is 2.40 bits per heavy atom. The van der Waals surface area contributed by atoms with Gasteiger partial charge in [0.2, 0.25) is 0 Å². The maximum Gasteiger partial charge on any atom is 0.194 e. The number of ketones is 3. The number of aryl methyl sites for hydroxylation is 1. The van der Waals surface area contributed by atoms with Crippen LogP contribution in [-0.4, -0.2) is 49.4 Å². The van der Waals surface area contributed by atoms with E-state index in [0.717, 1.165) is 5.56 Å². The molecule has 3 aromatic rings. The third-order valence-corrected chi connectivity index (χ3v) is 7.45.